The fourth-order valence-corrected chi connectivity index (χ4v) is 5.32. The number of anilines is 1. The number of para-hydroxylation sites is 2. The van der Waals surface area contributed by atoms with Crippen molar-refractivity contribution in [2.45, 2.75) is 38.7 Å². The van der Waals surface area contributed by atoms with Crippen molar-refractivity contribution in [3.05, 3.63) is 53.6 Å². The van der Waals surface area contributed by atoms with Gasteiger partial charge in [-0.3, -0.25) is 19.3 Å². The molecule has 0 bridgehead atoms. The third-order valence-electron chi connectivity index (χ3n) is 7.27. The summed E-state index contributed by atoms with van der Waals surface area (Å²) in [5.74, 6) is 0.670. The van der Waals surface area contributed by atoms with Crippen molar-refractivity contribution in [1.82, 2.24) is 9.80 Å². The van der Waals surface area contributed by atoms with Crippen molar-refractivity contribution in [1.29, 1.82) is 0 Å². The Balaban J connectivity index is 1.32. The summed E-state index contributed by atoms with van der Waals surface area (Å²) in [6, 6.07) is 12.8. The van der Waals surface area contributed by atoms with Crippen LogP contribution in [0.15, 0.2) is 42.5 Å². The molecule has 2 aromatic carbocycles. The van der Waals surface area contributed by atoms with Crippen LogP contribution < -0.4 is 14.4 Å². The first-order valence-electron chi connectivity index (χ1n) is 12.9. The van der Waals surface area contributed by atoms with Crippen LogP contribution in [0.2, 0.25) is 0 Å². The maximum atomic E-state index is 13.5. The van der Waals surface area contributed by atoms with Gasteiger partial charge in [0, 0.05) is 26.7 Å². The Hall–Kier alpha value is -3.55. The van der Waals surface area contributed by atoms with E-state index in [-0.39, 0.29) is 36.8 Å². The van der Waals surface area contributed by atoms with Crippen LogP contribution in [-0.4, -0.2) is 73.5 Å². The quantitative estimate of drug-likeness (QED) is 0.551. The molecule has 3 heterocycles. The van der Waals surface area contributed by atoms with E-state index in [9.17, 15) is 14.4 Å². The number of nitrogens with zero attached hydrogens (tertiary/aromatic N) is 3. The summed E-state index contributed by atoms with van der Waals surface area (Å²) in [4.78, 5) is 45.0. The highest BCUT2D eigenvalue weighted by molar-refractivity contribution is 6.23. The van der Waals surface area contributed by atoms with Gasteiger partial charge in [0.05, 0.1) is 29.3 Å². The van der Waals surface area contributed by atoms with Gasteiger partial charge in [-0.1, -0.05) is 31.5 Å². The molecule has 3 aliphatic heterocycles. The van der Waals surface area contributed by atoms with E-state index in [4.69, 9.17) is 9.47 Å². The van der Waals surface area contributed by atoms with Crippen molar-refractivity contribution in [3.63, 3.8) is 0 Å². The average Bonchev–Trinajstić information content (AvgIpc) is 3.16. The number of unbranched alkanes of at least 4 members (excludes halogenated alkanes) is 1. The summed E-state index contributed by atoms with van der Waals surface area (Å²) >= 11 is 0. The molecule has 2 atom stereocenters. The van der Waals surface area contributed by atoms with E-state index < -0.39 is 6.10 Å². The number of imide groups is 1. The summed E-state index contributed by atoms with van der Waals surface area (Å²) in [5, 5.41) is 0. The molecule has 0 unspecified atom stereocenters. The Labute approximate surface area is 211 Å². The third kappa shape index (κ3) is 4.52. The molecule has 0 saturated carbocycles. The summed E-state index contributed by atoms with van der Waals surface area (Å²) in [6.45, 7) is 4.54. The third-order valence-corrected chi connectivity index (χ3v) is 7.27. The zero-order valence-electron chi connectivity index (χ0n) is 20.9. The van der Waals surface area contributed by atoms with Crippen LogP contribution in [0.25, 0.3) is 0 Å². The lowest BCUT2D eigenvalue weighted by Crippen LogP contribution is -2.45. The lowest BCUT2D eigenvalue weighted by atomic mass is 9.95. The lowest BCUT2D eigenvalue weighted by Gasteiger charge is -2.36. The molecule has 8 heteroatoms. The van der Waals surface area contributed by atoms with E-state index in [1.165, 1.54) is 4.90 Å². The minimum absolute atomic E-state index is 0.115. The first-order chi connectivity index (χ1) is 17.5. The van der Waals surface area contributed by atoms with Crippen molar-refractivity contribution in [2.75, 3.05) is 44.7 Å². The van der Waals surface area contributed by atoms with Crippen LogP contribution in [0.3, 0.4) is 0 Å². The molecule has 0 N–H and O–H groups in total. The largest absolute Gasteiger partial charge is 0.486 e. The Morgan fingerprint density at radius 2 is 1.89 bits per heavy atom. The molecule has 0 aliphatic carbocycles. The standard InChI is InChI=1S/C28H33N3O5/c1-3-4-14-29(2)26(32)19-9-8-15-30(16-19)22-11-7-10-21-25(22)28(34)31(27(21)33)17-20-18-35-23-12-5-6-13-24(23)36-20/h5-7,10-13,19-20H,3-4,8-9,14-18H2,1-2H3/t19-,20+/m1/s1. The lowest BCUT2D eigenvalue weighted by molar-refractivity contribution is -0.134. The Morgan fingerprint density at radius 3 is 2.69 bits per heavy atom. The van der Waals surface area contributed by atoms with Gasteiger partial charge in [0.25, 0.3) is 11.8 Å². The zero-order valence-corrected chi connectivity index (χ0v) is 20.9. The van der Waals surface area contributed by atoms with E-state index >= 15 is 0 Å². The second kappa shape index (κ2) is 10.2. The summed E-state index contributed by atoms with van der Waals surface area (Å²) in [6.07, 6.45) is 3.28. The predicted molar refractivity (Wildman–Crippen MR) is 136 cm³/mol. The van der Waals surface area contributed by atoms with Crippen molar-refractivity contribution in [2.24, 2.45) is 5.92 Å². The van der Waals surface area contributed by atoms with Crippen molar-refractivity contribution >= 4 is 23.4 Å². The average molecular weight is 492 g/mol. The van der Waals surface area contributed by atoms with Gasteiger partial charge in [-0.05, 0) is 43.5 Å². The predicted octanol–water partition coefficient (Wildman–Crippen LogP) is 3.60. The van der Waals surface area contributed by atoms with Gasteiger partial charge < -0.3 is 19.3 Å². The van der Waals surface area contributed by atoms with Gasteiger partial charge in [-0.25, -0.2) is 0 Å². The molecule has 3 aliphatic rings. The normalized spacial score (nSPS) is 20.9. The first-order valence-corrected chi connectivity index (χ1v) is 12.9. The summed E-state index contributed by atoms with van der Waals surface area (Å²) in [7, 11) is 1.87. The van der Waals surface area contributed by atoms with Crippen LogP contribution in [0, 0.1) is 5.92 Å². The minimum atomic E-state index is -0.443. The zero-order chi connectivity index (χ0) is 25.2. The molecular formula is C28H33N3O5. The van der Waals surface area contributed by atoms with E-state index in [0.717, 1.165) is 44.5 Å². The molecular weight excluding hydrogens is 458 g/mol. The maximum Gasteiger partial charge on any atom is 0.263 e. The summed E-state index contributed by atoms with van der Waals surface area (Å²) < 4.78 is 11.8. The van der Waals surface area contributed by atoms with Crippen LogP contribution in [-0.2, 0) is 4.79 Å². The number of carbonyl (C=O) groups excluding carboxylic acids is 3. The number of ether oxygens (including phenoxy) is 2. The van der Waals surface area contributed by atoms with Crippen LogP contribution >= 0.6 is 0 Å². The maximum absolute atomic E-state index is 13.5. The SMILES string of the molecule is CCCCN(C)C(=O)[C@@H]1CCCN(c2cccc3c2C(=O)N(C[C@H]2COc4ccccc4O2)C3=O)C1. The first kappa shape index (κ1) is 24.2. The monoisotopic (exact) mass is 491 g/mol. The second-order valence-corrected chi connectivity index (χ2v) is 9.82. The highest BCUT2D eigenvalue weighted by Crippen LogP contribution is 2.36. The van der Waals surface area contributed by atoms with E-state index in [1.54, 1.807) is 6.07 Å². The number of carbonyl (C=O) groups is 3. The number of hydrogen-bond acceptors (Lipinski definition) is 6. The number of piperidine rings is 1. The molecule has 1 fully saturated rings. The Kier molecular flexibility index (Phi) is 6.85. The molecule has 3 amide bonds. The van der Waals surface area contributed by atoms with E-state index in [1.807, 2.05) is 48.3 Å². The molecule has 0 radical (unpaired) electrons. The van der Waals surface area contributed by atoms with Gasteiger partial charge in [0.15, 0.2) is 17.6 Å². The molecule has 1 saturated heterocycles. The van der Waals surface area contributed by atoms with Crippen molar-refractivity contribution < 1.29 is 23.9 Å². The summed E-state index contributed by atoms with van der Waals surface area (Å²) in [5.41, 5.74) is 1.56. The van der Waals surface area contributed by atoms with Gasteiger partial charge in [0.1, 0.15) is 6.61 Å². The Bertz CT molecular complexity index is 1170. The highest BCUT2D eigenvalue weighted by atomic mass is 16.6. The molecule has 36 heavy (non-hydrogen) atoms. The fraction of sp³-hybridized carbons (Fsp3) is 0.464. The van der Waals surface area contributed by atoms with Crippen LogP contribution in [0.5, 0.6) is 11.5 Å². The van der Waals surface area contributed by atoms with Crippen molar-refractivity contribution in [3.8, 4) is 11.5 Å². The molecule has 0 spiro atoms. The van der Waals surface area contributed by atoms with Crippen LogP contribution in [0.4, 0.5) is 5.69 Å². The van der Waals surface area contributed by atoms with Gasteiger partial charge in [-0.2, -0.15) is 0 Å². The minimum Gasteiger partial charge on any atom is -0.486 e. The molecule has 2 aromatic rings. The number of hydrogen-bond donors (Lipinski definition) is 0. The molecule has 190 valence electrons. The second-order valence-electron chi connectivity index (χ2n) is 9.82. The number of rotatable bonds is 7. The Morgan fingerprint density at radius 1 is 1.08 bits per heavy atom. The molecule has 5 rings (SSSR count). The topological polar surface area (TPSA) is 79.4 Å². The number of benzene rings is 2. The number of amides is 3. The molecule has 8 nitrogen and oxygen atoms in total. The van der Waals surface area contributed by atoms with Crippen LogP contribution in [0.1, 0.15) is 53.3 Å². The van der Waals surface area contributed by atoms with E-state index in [0.29, 0.717) is 29.2 Å². The van der Waals surface area contributed by atoms with Gasteiger partial charge >= 0.3 is 0 Å². The van der Waals surface area contributed by atoms with E-state index in [2.05, 4.69) is 11.8 Å². The molecule has 0 aromatic heterocycles. The fourth-order valence-electron chi connectivity index (χ4n) is 5.32. The number of fused-ring (bicyclic) bond motifs is 2. The smallest absolute Gasteiger partial charge is 0.263 e. The highest BCUT2D eigenvalue weighted by Gasteiger charge is 2.41. The van der Waals surface area contributed by atoms with Gasteiger partial charge in [0.2, 0.25) is 5.91 Å². The van der Waals surface area contributed by atoms with Gasteiger partial charge in [-0.15, -0.1) is 0 Å².